The zero-order chi connectivity index (χ0) is 11.7. The van der Waals surface area contributed by atoms with Gasteiger partial charge >= 0.3 is 0 Å². The second-order valence-corrected chi connectivity index (χ2v) is 4.80. The van der Waals surface area contributed by atoms with Gasteiger partial charge in [0.2, 0.25) is 0 Å². The predicted octanol–water partition coefficient (Wildman–Crippen LogP) is 1.05. The monoisotopic (exact) mass is 231 g/mol. The summed E-state index contributed by atoms with van der Waals surface area (Å²) in [5.74, 6) is 0.136. The molecule has 1 aliphatic heterocycles. The maximum absolute atomic E-state index is 12.4. The number of carbonyl (C=O) groups excluding carboxylic acids is 1. The largest absolute Gasteiger partial charge is 0.333 e. The van der Waals surface area contributed by atoms with Crippen LogP contribution in [0.2, 0.25) is 0 Å². The fourth-order valence-electron chi connectivity index (χ4n) is 3.00. The lowest BCUT2D eigenvalue weighted by Gasteiger charge is -2.38. The van der Waals surface area contributed by atoms with Crippen molar-refractivity contribution in [2.24, 2.45) is 0 Å². The van der Waals surface area contributed by atoms with Gasteiger partial charge in [0, 0.05) is 37.6 Å². The number of carbonyl (C=O) groups is 1. The van der Waals surface area contributed by atoms with E-state index in [0.717, 1.165) is 19.5 Å². The number of hydrogen-bond acceptors (Lipinski definition) is 3. The summed E-state index contributed by atoms with van der Waals surface area (Å²) in [6, 6.07) is 4.56. The van der Waals surface area contributed by atoms with Crippen LogP contribution in [-0.4, -0.2) is 41.0 Å². The molecule has 1 aromatic rings. The lowest BCUT2D eigenvalue weighted by molar-refractivity contribution is 0.0598. The van der Waals surface area contributed by atoms with Crippen molar-refractivity contribution in [2.45, 2.75) is 31.3 Å². The Bertz CT molecular complexity index is 406. The van der Waals surface area contributed by atoms with E-state index in [-0.39, 0.29) is 5.91 Å². The fraction of sp³-hybridized carbons (Fsp3) is 0.538. The minimum absolute atomic E-state index is 0.136. The molecule has 2 atom stereocenters. The molecule has 2 heterocycles. The highest BCUT2D eigenvalue weighted by Crippen LogP contribution is 2.27. The van der Waals surface area contributed by atoms with Gasteiger partial charge in [-0.05, 0) is 31.4 Å². The summed E-state index contributed by atoms with van der Waals surface area (Å²) in [6.07, 6.45) is 6.91. The van der Waals surface area contributed by atoms with Crippen molar-refractivity contribution in [2.75, 3.05) is 13.1 Å². The number of nitrogens with zero attached hydrogens (tertiary/aromatic N) is 2. The molecule has 2 unspecified atom stereocenters. The summed E-state index contributed by atoms with van der Waals surface area (Å²) in [7, 11) is 0. The van der Waals surface area contributed by atoms with E-state index in [4.69, 9.17) is 0 Å². The first-order valence-corrected chi connectivity index (χ1v) is 6.30. The molecule has 90 valence electrons. The Kier molecular flexibility index (Phi) is 2.81. The zero-order valence-electron chi connectivity index (χ0n) is 9.80. The van der Waals surface area contributed by atoms with Crippen molar-refractivity contribution >= 4 is 5.91 Å². The van der Waals surface area contributed by atoms with Gasteiger partial charge in [-0.15, -0.1) is 0 Å². The fourth-order valence-corrected chi connectivity index (χ4v) is 3.00. The average molecular weight is 231 g/mol. The van der Waals surface area contributed by atoms with Gasteiger partial charge < -0.3 is 10.2 Å². The number of aromatic nitrogens is 1. The second kappa shape index (κ2) is 4.45. The van der Waals surface area contributed by atoms with E-state index in [1.165, 1.54) is 12.8 Å². The lowest BCUT2D eigenvalue weighted by Crippen LogP contribution is -2.57. The number of hydrogen-bond donors (Lipinski definition) is 1. The van der Waals surface area contributed by atoms with Gasteiger partial charge in [0.05, 0.1) is 5.56 Å². The highest BCUT2D eigenvalue weighted by Gasteiger charge is 2.37. The summed E-state index contributed by atoms with van der Waals surface area (Å²) in [4.78, 5) is 18.5. The maximum atomic E-state index is 12.4. The molecule has 2 aliphatic rings. The van der Waals surface area contributed by atoms with Gasteiger partial charge in [-0.2, -0.15) is 0 Å². The Hall–Kier alpha value is -1.42. The van der Waals surface area contributed by atoms with Crippen LogP contribution in [0.5, 0.6) is 0 Å². The Labute approximate surface area is 101 Å². The molecule has 1 aromatic heterocycles. The third-order valence-electron chi connectivity index (χ3n) is 3.81. The molecule has 3 rings (SSSR count). The van der Waals surface area contributed by atoms with E-state index in [9.17, 15) is 4.79 Å². The van der Waals surface area contributed by atoms with E-state index in [2.05, 4.69) is 10.3 Å². The topological polar surface area (TPSA) is 45.2 Å². The van der Waals surface area contributed by atoms with E-state index in [0.29, 0.717) is 17.6 Å². The molecule has 17 heavy (non-hydrogen) atoms. The average Bonchev–Trinajstić information content (AvgIpc) is 2.87. The number of pyridine rings is 1. The van der Waals surface area contributed by atoms with E-state index in [1.807, 2.05) is 17.0 Å². The Balaban J connectivity index is 1.81. The summed E-state index contributed by atoms with van der Waals surface area (Å²) in [5.41, 5.74) is 0.708. The van der Waals surface area contributed by atoms with E-state index >= 15 is 0 Å². The molecule has 1 amide bonds. The lowest BCUT2D eigenvalue weighted by atomic mass is 10.1. The van der Waals surface area contributed by atoms with Crippen LogP contribution in [0.4, 0.5) is 0 Å². The summed E-state index contributed by atoms with van der Waals surface area (Å²) in [5, 5.41) is 3.51. The molecule has 1 N–H and O–H groups in total. The molecule has 2 fully saturated rings. The van der Waals surface area contributed by atoms with Crippen molar-refractivity contribution in [1.82, 2.24) is 15.2 Å². The molecular formula is C13H17N3O. The number of piperazine rings is 1. The van der Waals surface area contributed by atoms with Crippen LogP contribution in [0.25, 0.3) is 0 Å². The first-order chi connectivity index (χ1) is 8.36. The molecular weight excluding hydrogens is 214 g/mol. The van der Waals surface area contributed by atoms with Crippen LogP contribution in [0, 0.1) is 0 Å². The quantitative estimate of drug-likeness (QED) is 0.785. The second-order valence-electron chi connectivity index (χ2n) is 4.80. The van der Waals surface area contributed by atoms with E-state index in [1.54, 1.807) is 12.4 Å². The molecule has 4 heteroatoms. The summed E-state index contributed by atoms with van der Waals surface area (Å²) >= 11 is 0. The first kappa shape index (κ1) is 10.7. The van der Waals surface area contributed by atoms with Gasteiger partial charge in [0.15, 0.2) is 0 Å². The minimum Gasteiger partial charge on any atom is -0.333 e. The number of nitrogens with one attached hydrogen (secondary N) is 1. The molecule has 4 nitrogen and oxygen atoms in total. The number of rotatable bonds is 1. The van der Waals surface area contributed by atoms with E-state index < -0.39 is 0 Å². The first-order valence-electron chi connectivity index (χ1n) is 6.30. The molecule has 0 radical (unpaired) electrons. The normalized spacial score (nSPS) is 27.9. The standard InChI is InChI=1S/C13H17N3O/c17-13(10-3-2-6-14-9-10)16-8-7-15-11-4-1-5-12(11)16/h2-3,6,9,11-12,15H,1,4-5,7-8H2. The van der Waals surface area contributed by atoms with Gasteiger partial charge in [-0.1, -0.05) is 0 Å². The van der Waals surface area contributed by atoms with Crippen molar-refractivity contribution in [3.8, 4) is 0 Å². The molecule has 1 aliphatic carbocycles. The zero-order valence-corrected chi connectivity index (χ0v) is 9.80. The molecule has 0 bridgehead atoms. The molecule has 1 saturated carbocycles. The number of amides is 1. The highest BCUT2D eigenvalue weighted by molar-refractivity contribution is 5.94. The van der Waals surface area contributed by atoms with Gasteiger partial charge in [0.1, 0.15) is 0 Å². The molecule has 0 spiro atoms. The highest BCUT2D eigenvalue weighted by atomic mass is 16.2. The van der Waals surface area contributed by atoms with Crippen molar-refractivity contribution in [1.29, 1.82) is 0 Å². The maximum Gasteiger partial charge on any atom is 0.255 e. The van der Waals surface area contributed by atoms with Crippen LogP contribution < -0.4 is 5.32 Å². The third-order valence-corrected chi connectivity index (χ3v) is 3.81. The van der Waals surface area contributed by atoms with Crippen LogP contribution in [0.3, 0.4) is 0 Å². The Morgan fingerprint density at radius 1 is 1.47 bits per heavy atom. The number of fused-ring (bicyclic) bond motifs is 1. The van der Waals surface area contributed by atoms with Gasteiger partial charge in [0.25, 0.3) is 5.91 Å². The molecule has 0 aromatic carbocycles. The van der Waals surface area contributed by atoms with Crippen molar-refractivity contribution < 1.29 is 4.79 Å². The van der Waals surface area contributed by atoms with Crippen LogP contribution in [0.1, 0.15) is 29.6 Å². The third kappa shape index (κ3) is 1.93. The molecule has 1 saturated heterocycles. The van der Waals surface area contributed by atoms with Gasteiger partial charge in [-0.3, -0.25) is 9.78 Å². The van der Waals surface area contributed by atoms with Crippen LogP contribution in [-0.2, 0) is 0 Å². The Morgan fingerprint density at radius 2 is 2.41 bits per heavy atom. The SMILES string of the molecule is O=C(c1cccnc1)N1CCNC2CCCC21. The summed E-state index contributed by atoms with van der Waals surface area (Å²) in [6.45, 7) is 1.72. The van der Waals surface area contributed by atoms with Crippen LogP contribution in [0.15, 0.2) is 24.5 Å². The van der Waals surface area contributed by atoms with Crippen LogP contribution >= 0.6 is 0 Å². The minimum atomic E-state index is 0.136. The van der Waals surface area contributed by atoms with Crippen molar-refractivity contribution in [3.63, 3.8) is 0 Å². The van der Waals surface area contributed by atoms with Gasteiger partial charge in [-0.25, -0.2) is 0 Å². The summed E-state index contributed by atoms with van der Waals surface area (Å²) < 4.78 is 0. The smallest absolute Gasteiger partial charge is 0.255 e. The predicted molar refractivity (Wildman–Crippen MR) is 64.7 cm³/mol. The van der Waals surface area contributed by atoms with Crippen molar-refractivity contribution in [3.05, 3.63) is 30.1 Å². The Morgan fingerprint density at radius 3 is 3.24 bits per heavy atom.